The summed E-state index contributed by atoms with van der Waals surface area (Å²) in [4.78, 5) is 20.7. The fourth-order valence-corrected chi connectivity index (χ4v) is 4.87. The van der Waals surface area contributed by atoms with Crippen LogP contribution in [0.2, 0.25) is 0 Å². The van der Waals surface area contributed by atoms with Crippen molar-refractivity contribution in [2.75, 3.05) is 11.9 Å². The van der Waals surface area contributed by atoms with Crippen LogP contribution in [0.4, 0.5) is 11.5 Å². The van der Waals surface area contributed by atoms with Crippen LogP contribution < -0.4 is 16.0 Å². The molecule has 0 aliphatic heterocycles. The van der Waals surface area contributed by atoms with Gasteiger partial charge in [-0.15, -0.1) is 0 Å². The van der Waals surface area contributed by atoms with Gasteiger partial charge in [0.2, 0.25) is 5.91 Å². The monoisotopic (exact) mass is 515 g/mol. The molecular formula is C31H41N5O2. The van der Waals surface area contributed by atoms with E-state index in [1.54, 1.807) is 0 Å². The first kappa shape index (κ1) is 27.7. The molecule has 1 amide bonds. The number of anilines is 2. The molecule has 1 fully saturated rings. The lowest BCUT2D eigenvalue weighted by Gasteiger charge is -2.28. The van der Waals surface area contributed by atoms with E-state index < -0.39 is 12.1 Å². The van der Waals surface area contributed by atoms with Crippen LogP contribution in [0, 0.1) is 13.8 Å². The third-order valence-corrected chi connectivity index (χ3v) is 7.18. The van der Waals surface area contributed by atoms with E-state index in [9.17, 15) is 9.90 Å². The summed E-state index contributed by atoms with van der Waals surface area (Å²) in [6.45, 7) is 12.4. The van der Waals surface area contributed by atoms with Crippen molar-refractivity contribution < 1.29 is 9.90 Å². The predicted octanol–water partition coefficient (Wildman–Crippen LogP) is 4.82. The molecule has 202 valence electrons. The minimum absolute atomic E-state index is 0.0832. The lowest BCUT2D eigenvalue weighted by Crippen LogP contribution is -2.49. The summed E-state index contributed by atoms with van der Waals surface area (Å²) in [6, 6.07) is 18.3. The molecule has 0 radical (unpaired) electrons. The number of benzene rings is 2. The zero-order valence-electron chi connectivity index (χ0n) is 23.4. The van der Waals surface area contributed by atoms with Gasteiger partial charge in [0.05, 0.1) is 12.1 Å². The molecular weight excluding hydrogens is 474 g/mol. The molecule has 38 heavy (non-hydrogen) atoms. The average Bonchev–Trinajstić information content (AvgIpc) is 3.63. The van der Waals surface area contributed by atoms with Crippen molar-refractivity contribution in [1.82, 2.24) is 20.6 Å². The summed E-state index contributed by atoms with van der Waals surface area (Å²) in [6.07, 6.45) is 1.88. The molecule has 0 saturated heterocycles. The highest BCUT2D eigenvalue weighted by Gasteiger charge is 2.44. The topological polar surface area (TPSA) is 99.2 Å². The number of carbonyl (C=O) groups is 1. The van der Waals surface area contributed by atoms with Crippen molar-refractivity contribution in [3.63, 3.8) is 0 Å². The Kier molecular flexibility index (Phi) is 8.19. The minimum Gasteiger partial charge on any atom is -0.390 e. The molecule has 1 heterocycles. The Hall–Kier alpha value is -3.29. The second-order valence-electron chi connectivity index (χ2n) is 11.6. The van der Waals surface area contributed by atoms with E-state index >= 15 is 0 Å². The molecule has 3 aromatic rings. The van der Waals surface area contributed by atoms with E-state index in [4.69, 9.17) is 0 Å². The quantitative estimate of drug-likeness (QED) is 0.309. The Morgan fingerprint density at radius 1 is 1.05 bits per heavy atom. The van der Waals surface area contributed by atoms with Crippen molar-refractivity contribution in [3.05, 3.63) is 82.8 Å². The van der Waals surface area contributed by atoms with Crippen LogP contribution in [0.3, 0.4) is 0 Å². The number of amides is 1. The van der Waals surface area contributed by atoms with Gasteiger partial charge in [0, 0.05) is 36.5 Å². The van der Waals surface area contributed by atoms with Crippen molar-refractivity contribution in [2.24, 2.45) is 0 Å². The first-order chi connectivity index (χ1) is 17.9. The van der Waals surface area contributed by atoms with Gasteiger partial charge in [-0.05, 0) is 67.3 Å². The molecule has 1 saturated carbocycles. The van der Waals surface area contributed by atoms with Crippen molar-refractivity contribution in [2.45, 2.75) is 83.9 Å². The van der Waals surface area contributed by atoms with E-state index in [2.05, 4.69) is 71.0 Å². The third-order valence-electron chi connectivity index (χ3n) is 7.18. The number of nitrogens with zero attached hydrogens (tertiary/aromatic N) is 2. The van der Waals surface area contributed by atoms with Crippen LogP contribution >= 0.6 is 0 Å². The highest BCUT2D eigenvalue weighted by Crippen LogP contribution is 2.46. The zero-order valence-corrected chi connectivity index (χ0v) is 23.4. The Morgan fingerprint density at radius 2 is 1.76 bits per heavy atom. The second kappa shape index (κ2) is 11.2. The summed E-state index contributed by atoms with van der Waals surface area (Å²) in [7, 11) is 0. The Morgan fingerprint density at radius 3 is 2.37 bits per heavy atom. The molecule has 4 rings (SSSR count). The number of hydrogen-bond donors (Lipinski definition) is 4. The number of nitrogens with one attached hydrogen (secondary N) is 3. The molecule has 1 aliphatic rings. The third kappa shape index (κ3) is 7.17. The number of aliphatic hydroxyl groups is 1. The van der Waals surface area contributed by atoms with Gasteiger partial charge in [-0.1, -0.05) is 57.2 Å². The molecule has 4 N–H and O–H groups in total. The molecule has 2 aromatic carbocycles. The fourth-order valence-electron chi connectivity index (χ4n) is 4.87. The minimum atomic E-state index is -0.730. The van der Waals surface area contributed by atoms with Crippen molar-refractivity contribution in [3.8, 4) is 0 Å². The molecule has 1 aliphatic carbocycles. The maximum atomic E-state index is 12.0. The van der Waals surface area contributed by atoms with Gasteiger partial charge in [-0.3, -0.25) is 4.79 Å². The van der Waals surface area contributed by atoms with Gasteiger partial charge < -0.3 is 21.1 Å². The number of aromatic nitrogens is 2. The van der Waals surface area contributed by atoms with E-state index in [0.717, 1.165) is 41.4 Å². The van der Waals surface area contributed by atoms with E-state index in [-0.39, 0.29) is 16.9 Å². The highest BCUT2D eigenvalue weighted by atomic mass is 16.3. The van der Waals surface area contributed by atoms with E-state index in [0.29, 0.717) is 13.0 Å². The van der Waals surface area contributed by atoms with Crippen LogP contribution in [0.1, 0.15) is 68.7 Å². The van der Waals surface area contributed by atoms with Crippen molar-refractivity contribution >= 4 is 17.4 Å². The molecule has 7 nitrogen and oxygen atoms in total. The van der Waals surface area contributed by atoms with E-state index in [1.165, 1.54) is 18.1 Å². The van der Waals surface area contributed by atoms with E-state index in [1.807, 2.05) is 44.2 Å². The summed E-state index contributed by atoms with van der Waals surface area (Å²) in [5, 5.41) is 21.0. The van der Waals surface area contributed by atoms with Crippen LogP contribution in [-0.4, -0.2) is 39.7 Å². The molecule has 7 heteroatoms. The smallest absolute Gasteiger partial charge is 0.217 e. The average molecular weight is 516 g/mol. The number of hydrogen-bond acceptors (Lipinski definition) is 6. The second-order valence-corrected chi connectivity index (χ2v) is 11.6. The first-order valence-corrected chi connectivity index (χ1v) is 13.4. The van der Waals surface area contributed by atoms with Crippen LogP contribution in [0.15, 0.2) is 54.6 Å². The normalized spacial score (nSPS) is 16.0. The summed E-state index contributed by atoms with van der Waals surface area (Å²) < 4.78 is 0. The Labute approximate surface area is 226 Å². The number of rotatable bonds is 10. The summed E-state index contributed by atoms with van der Waals surface area (Å²) in [5.74, 6) is 1.32. The standard InChI is InChI=1S/C31H41N5O2/c1-20-16-29(34-21(2)33-20)36-26-12-10-23(11-13-26)17-27(35-22(3)37)28(38)19-32-31(14-15-31)25-9-7-8-24(18-25)30(4,5)6/h7-13,16,18,27-28,32,38H,14-15,17,19H2,1-6H3,(H,35,37)(H,33,34,36)/t27-,28-/m0/s1. The van der Waals surface area contributed by atoms with Gasteiger partial charge in [0.1, 0.15) is 11.6 Å². The van der Waals surface area contributed by atoms with Crippen LogP contribution in [0.5, 0.6) is 0 Å². The van der Waals surface area contributed by atoms with Gasteiger partial charge in [-0.2, -0.15) is 0 Å². The summed E-state index contributed by atoms with van der Waals surface area (Å²) in [5.41, 5.74) is 5.41. The predicted molar refractivity (Wildman–Crippen MR) is 153 cm³/mol. The number of carbonyl (C=O) groups excluding carboxylic acids is 1. The lowest BCUT2D eigenvalue weighted by atomic mass is 9.85. The van der Waals surface area contributed by atoms with Crippen LogP contribution in [-0.2, 0) is 22.2 Å². The highest BCUT2D eigenvalue weighted by molar-refractivity contribution is 5.73. The lowest BCUT2D eigenvalue weighted by molar-refractivity contribution is -0.120. The molecule has 0 spiro atoms. The zero-order chi connectivity index (χ0) is 27.5. The Balaban J connectivity index is 1.40. The van der Waals surface area contributed by atoms with Gasteiger partial charge >= 0.3 is 0 Å². The summed E-state index contributed by atoms with van der Waals surface area (Å²) >= 11 is 0. The van der Waals surface area contributed by atoms with Crippen molar-refractivity contribution in [1.29, 1.82) is 0 Å². The van der Waals surface area contributed by atoms with Gasteiger partial charge in [0.25, 0.3) is 0 Å². The Bertz CT molecular complexity index is 1240. The van der Waals surface area contributed by atoms with Crippen LogP contribution in [0.25, 0.3) is 0 Å². The first-order valence-electron chi connectivity index (χ1n) is 13.4. The largest absolute Gasteiger partial charge is 0.390 e. The maximum absolute atomic E-state index is 12.0. The SMILES string of the molecule is CC(=O)N[C@@H](Cc1ccc(Nc2cc(C)nc(C)n2)cc1)[C@@H](O)CNC1(c2cccc(C(C)(C)C)c2)CC1. The molecule has 2 atom stereocenters. The van der Waals surface area contributed by atoms with Gasteiger partial charge in [-0.25, -0.2) is 9.97 Å². The maximum Gasteiger partial charge on any atom is 0.217 e. The molecule has 1 aromatic heterocycles. The number of aliphatic hydroxyl groups excluding tert-OH is 1. The number of aryl methyl sites for hydroxylation is 2. The fraction of sp³-hybridized carbons (Fsp3) is 0.452. The molecule has 0 bridgehead atoms. The van der Waals surface area contributed by atoms with Gasteiger partial charge in [0.15, 0.2) is 0 Å². The molecule has 0 unspecified atom stereocenters.